The maximum atomic E-state index is 13.7. The smallest absolute Gasteiger partial charge is 0.266 e. The van der Waals surface area contributed by atoms with E-state index < -0.39 is 5.82 Å². The molecule has 0 aliphatic heterocycles. The minimum absolute atomic E-state index is 0.0846. The number of rotatable bonds is 3. The van der Waals surface area contributed by atoms with Crippen LogP contribution in [0.5, 0.6) is 0 Å². The quantitative estimate of drug-likeness (QED) is 0.348. The molecule has 2 heterocycles. The van der Waals surface area contributed by atoms with Crippen molar-refractivity contribution in [3.8, 4) is 11.4 Å². The molecule has 27 heavy (non-hydrogen) atoms. The van der Waals surface area contributed by atoms with E-state index in [2.05, 4.69) is 10.1 Å². The fourth-order valence-corrected chi connectivity index (χ4v) is 4.28. The van der Waals surface area contributed by atoms with Crippen molar-refractivity contribution in [1.29, 1.82) is 0 Å². The van der Waals surface area contributed by atoms with Gasteiger partial charge in [0.15, 0.2) is 5.82 Å². The van der Waals surface area contributed by atoms with Gasteiger partial charge in [-0.2, -0.15) is 9.50 Å². The number of benzene rings is 2. The van der Waals surface area contributed by atoms with Crippen LogP contribution in [0.1, 0.15) is 5.56 Å². The van der Waals surface area contributed by atoms with E-state index in [0.717, 1.165) is 16.5 Å². The van der Waals surface area contributed by atoms with Crippen molar-refractivity contribution < 1.29 is 4.39 Å². The zero-order valence-corrected chi connectivity index (χ0v) is 16.9. The molecule has 9 heteroatoms. The zero-order chi connectivity index (χ0) is 19.1. The summed E-state index contributed by atoms with van der Waals surface area (Å²) in [6.07, 6.45) is 3.80. The van der Waals surface area contributed by atoms with Crippen molar-refractivity contribution in [3.05, 3.63) is 72.7 Å². The van der Waals surface area contributed by atoms with Crippen LogP contribution >= 0.6 is 46.3 Å². The Kier molecular flexibility index (Phi) is 4.94. The minimum atomic E-state index is -0.626. The van der Waals surface area contributed by atoms with Crippen LogP contribution in [-0.4, -0.2) is 20.9 Å². The molecule has 2 aromatic heterocycles. The number of aromatic nitrogens is 3. The Morgan fingerprint density at radius 1 is 1.19 bits per heavy atom. The van der Waals surface area contributed by atoms with Crippen molar-refractivity contribution in [2.75, 3.05) is 6.26 Å². The Hall–Kier alpha value is -1.93. The molecule has 0 aliphatic carbocycles. The van der Waals surface area contributed by atoms with Crippen molar-refractivity contribution in [1.82, 2.24) is 14.6 Å². The lowest BCUT2D eigenvalue weighted by atomic mass is 10.2. The second-order valence-corrected chi connectivity index (χ2v) is 8.27. The summed E-state index contributed by atoms with van der Waals surface area (Å²) in [5.74, 6) is -0.450. The summed E-state index contributed by atoms with van der Waals surface area (Å²) < 4.78 is 15.5. The number of thioether (sulfide) groups is 1. The average Bonchev–Trinajstić information content (AvgIpc) is 3.19. The molecule has 0 N–H and O–H groups in total. The highest BCUT2D eigenvalue weighted by Gasteiger charge is 2.16. The first kappa shape index (κ1) is 18.4. The number of halogens is 3. The highest BCUT2D eigenvalue weighted by atomic mass is 35.5. The molecular formula is C18H10Cl2FN3OS2. The van der Waals surface area contributed by atoms with E-state index in [1.807, 2.05) is 30.5 Å². The summed E-state index contributed by atoms with van der Waals surface area (Å²) in [5, 5.41) is 4.32. The van der Waals surface area contributed by atoms with Crippen LogP contribution in [0.4, 0.5) is 4.39 Å². The van der Waals surface area contributed by atoms with Crippen LogP contribution in [0.3, 0.4) is 0 Å². The van der Waals surface area contributed by atoms with Crippen LogP contribution in [-0.2, 0) is 0 Å². The van der Waals surface area contributed by atoms with Crippen LogP contribution in [0.15, 0.2) is 46.1 Å². The first-order chi connectivity index (χ1) is 13.0. The van der Waals surface area contributed by atoms with E-state index in [4.69, 9.17) is 23.2 Å². The number of hydrogen-bond acceptors (Lipinski definition) is 5. The van der Waals surface area contributed by atoms with Gasteiger partial charge in [-0.05, 0) is 42.2 Å². The van der Waals surface area contributed by atoms with Gasteiger partial charge in [-0.25, -0.2) is 4.39 Å². The number of thiazole rings is 1. The molecule has 0 aliphatic rings. The van der Waals surface area contributed by atoms with Gasteiger partial charge in [0.05, 0.1) is 14.6 Å². The van der Waals surface area contributed by atoms with Crippen LogP contribution < -0.4 is 10.1 Å². The maximum absolute atomic E-state index is 13.7. The lowest BCUT2D eigenvalue weighted by molar-refractivity contribution is 0.628. The van der Waals surface area contributed by atoms with E-state index in [1.54, 1.807) is 17.8 Å². The topological polar surface area (TPSA) is 47.3 Å². The van der Waals surface area contributed by atoms with Crippen LogP contribution in [0.2, 0.25) is 10.0 Å². The molecule has 4 rings (SSSR count). The van der Waals surface area contributed by atoms with Gasteiger partial charge >= 0.3 is 0 Å². The number of nitrogens with zero attached hydrogens (tertiary/aromatic N) is 3. The molecule has 0 spiro atoms. The first-order valence-electron chi connectivity index (χ1n) is 7.66. The maximum Gasteiger partial charge on any atom is 0.291 e. The highest BCUT2D eigenvalue weighted by Crippen LogP contribution is 2.30. The molecule has 2 aromatic carbocycles. The zero-order valence-electron chi connectivity index (χ0n) is 13.7. The van der Waals surface area contributed by atoms with Crippen molar-refractivity contribution in [3.63, 3.8) is 0 Å². The Labute approximate surface area is 171 Å². The van der Waals surface area contributed by atoms with Crippen molar-refractivity contribution in [2.45, 2.75) is 4.90 Å². The van der Waals surface area contributed by atoms with Gasteiger partial charge in [-0.15, -0.1) is 16.9 Å². The van der Waals surface area contributed by atoms with Gasteiger partial charge in [0.2, 0.25) is 4.96 Å². The third-order valence-electron chi connectivity index (χ3n) is 3.85. The lowest BCUT2D eigenvalue weighted by Crippen LogP contribution is -2.23. The molecular weight excluding hydrogens is 428 g/mol. The van der Waals surface area contributed by atoms with Gasteiger partial charge in [-0.3, -0.25) is 4.79 Å². The summed E-state index contributed by atoms with van der Waals surface area (Å²) in [6.45, 7) is 0. The van der Waals surface area contributed by atoms with Crippen molar-refractivity contribution >= 4 is 57.3 Å². The van der Waals surface area contributed by atoms with Gasteiger partial charge in [0, 0.05) is 10.5 Å². The van der Waals surface area contributed by atoms with Gasteiger partial charge < -0.3 is 0 Å². The second kappa shape index (κ2) is 7.24. The van der Waals surface area contributed by atoms with Crippen LogP contribution in [0, 0.1) is 5.82 Å². The standard InChI is InChI=1S/C18H10Cl2FN3OS2/c1-26-10-4-2-9(3-5-10)6-15-17(25)24-18(27-15)22-16(23-24)11-7-14(21)13(20)8-12(11)19/h2-8H,1H3/b15-6-. The van der Waals surface area contributed by atoms with Gasteiger partial charge in [0.25, 0.3) is 5.56 Å². The summed E-state index contributed by atoms with van der Waals surface area (Å²) in [4.78, 5) is 18.5. The molecule has 136 valence electrons. The molecule has 0 fully saturated rings. The van der Waals surface area contributed by atoms with E-state index in [1.165, 1.54) is 21.9 Å². The third-order valence-corrected chi connectivity index (χ3v) is 6.15. The lowest BCUT2D eigenvalue weighted by Gasteiger charge is -2.01. The molecule has 0 bridgehead atoms. The van der Waals surface area contributed by atoms with Crippen LogP contribution in [0.25, 0.3) is 22.4 Å². The Bertz CT molecular complexity index is 1270. The average molecular weight is 438 g/mol. The fourth-order valence-electron chi connectivity index (χ4n) is 2.49. The molecule has 0 saturated heterocycles. The SMILES string of the molecule is CSc1ccc(/C=c2\sc3nc(-c4cc(F)c(Cl)cc4Cl)nn3c2=O)cc1. The Balaban J connectivity index is 1.79. The van der Waals surface area contributed by atoms with Gasteiger partial charge in [-0.1, -0.05) is 46.7 Å². The molecule has 4 aromatic rings. The fraction of sp³-hybridized carbons (Fsp3) is 0.0556. The molecule has 4 nitrogen and oxygen atoms in total. The summed E-state index contributed by atoms with van der Waals surface area (Å²) in [5.41, 5.74) is 0.915. The monoisotopic (exact) mass is 437 g/mol. The number of fused-ring (bicyclic) bond motifs is 1. The predicted molar refractivity (Wildman–Crippen MR) is 110 cm³/mol. The van der Waals surface area contributed by atoms with E-state index in [0.29, 0.717) is 9.49 Å². The number of hydrogen-bond donors (Lipinski definition) is 0. The highest BCUT2D eigenvalue weighted by molar-refractivity contribution is 7.98. The molecule has 0 radical (unpaired) electrons. The molecule has 0 amide bonds. The first-order valence-corrected chi connectivity index (χ1v) is 10.5. The van der Waals surface area contributed by atoms with E-state index in [-0.39, 0.29) is 27.0 Å². The summed E-state index contributed by atoms with van der Waals surface area (Å²) in [6, 6.07) is 10.3. The molecule has 0 unspecified atom stereocenters. The molecule has 0 saturated carbocycles. The largest absolute Gasteiger partial charge is 0.291 e. The van der Waals surface area contributed by atoms with Crippen molar-refractivity contribution in [2.24, 2.45) is 0 Å². The normalized spacial score (nSPS) is 12.2. The van der Waals surface area contributed by atoms with E-state index >= 15 is 0 Å². The summed E-state index contributed by atoms with van der Waals surface area (Å²) in [7, 11) is 0. The Morgan fingerprint density at radius 3 is 2.59 bits per heavy atom. The third kappa shape index (κ3) is 3.48. The Morgan fingerprint density at radius 2 is 1.93 bits per heavy atom. The summed E-state index contributed by atoms with van der Waals surface area (Å²) >= 11 is 14.7. The molecule has 0 atom stereocenters. The van der Waals surface area contributed by atoms with Gasteiger partial charge in [0.1, 0.15) is 5.82 Å². The minimum Gasteiger partial charge on any atom is -0.266 e. The second-order valence-electron chi connectivity index (χ2n) is 5.56. The predicted octanol–water partition coefficient (Wildman–Crippen LogP) is 4.53. The van der Waals surface area contributed by atoms with E-state index in [9.17, 15) is 9.18 Å².